The van der Waals surface area contributed by atoms with Crippen LogP contribution in [0.2, 0.25) is 0 Å². The van der Waals surface area contributed by atoms with Crippen LogP contribution in [0, 0.1) is 5.92 Å². The molecule has 0 spiro atoms. The minimum atomic E-state index is -3.46. The van der Waals surface area contributed by atoms with Gasteiger partial charge in [0.1, 0.15) is 23.2 Å². The highest BCUT2D eigenvalue weighted by atomic mass is 31.0. The number of pyridine rings is 1. The minimum Gasteiger partial charge on any atom is -0.497 e. The number of aromatic nitrogens is 1. The Morgan fingerprint density at radius 2 is 1.90 bits per heavy atom. The first-order chi connectivity index (χ1) is 19.8. The van der Waals surface area contributed by atoms with Crippen LogP contribution < -0.4 is 20.5 Å². The van der Waals surface area contributed by atoms with E-state index in [2.05, 4.69) is 19.3 Å². The molecule has 0 bridgehead atoms. The fraction of sp³-hybridized carbons (Fsp3) is 0.345. The number of nitrogens with one attached hydrogen (secondary N) is 1. The van der Waals surface area contributed by atoms with Crippen molar-refractivity contribution in [2.75, 3.05) is 25.7 Å². The topological polar surface area (TPSA) is 99.1 Å². The number of anilines is 1. The summed E-state index contributed by atoms with van der Waals surface area (Å²) in [5.41, 5.74) is -0.0503. The zero-order valence-electron chi connectivity index (χ0n) is 23.8. The van der Waals surface area contributed by atoms with Crippen molar-refractivity contribution in [2.45, 2.75) is 38.4 Å². The molecular formula is C29H35F2N3O6P2. The summed E-state index contributed by atoms with van der Waals surface area (Å²) in [5.74, 6) is -4.58. The van der Waals surface area contributed by atoms with Crippen molar-refractivity contribution in [1.82, 2.24) is 9.88 Å². The number of alkyl halides is 2. The van der Waals surface area contributed by atoms with Crippen LogP contribution in [0.15, 0.2) is 82.8 Å². The van der Waals surface area contributed by atoms with E-state index in [0.717, 1.165) is 5.31 Å². The summed E-state index contributed by atoms with van der Waals surface area (Å²) in [4.78, 5) is 41.5. The number of hydrogen-bond donors (Lipinski definition) is 1. The summed E-state index contributed by atoms with van der Waals surface area (Å²) in [7, 11) is 6.92. The molecule has 5 atom stereocenters. The molecule has 2 aromatic rings. The van der Waals surface area contributed by atoms with Gasteiger partial charge in [0, 0.05) is 31.3 Å². The van der Waals surface area contributed by atoms with Gasteiger partial charge in [-0.3, -0.25) is 14.4 Å². The van der Waals surface area contributed by atoms with Crippen LogP contribution in [0.25, 0.3) is 0 Å². The van der Waals surface area contributed by atoms with Crippen molar-refractivity contribution in [3.05, 3.63) is 93.9 Å². The summed E-state index contributed by atoms with van der Waals surface area (Å²) in [6, 6.07) is 7.34. The second-order valence-corrected chi connectivity index (χ2v) is 11.3. The molecule has 13 heteroatoms. The number of amides is 2. The molecule has 1 saturated heterocycles. The first kappa shape index (κ1) is 33.1. The number of nitrogens with zero attached hydrogens (tertiary/aromatic N) is 2. The van der Waals surface area contributed by atoms with Crippen LogP contribution in [-0.2, 0) is 20.8 Å². The number of carbonyl (C=O) groups is 2. The summed E-state index contributed by atoms with van der Waals surface area (Å²) >= 11 is 0. The molecule has 0 aliphatic carbocycles. The van der Waals surface area contributed by atoms with Crippen molar-refractivity contribution in [1.29, 1.82) is 0 Å². The molecule has 42 heavy (non-hydrogen) atoms. The van der Waals surface area contributed by atoms with Gasteiger partial charge in [-0.05, 0) is 71.6 Å². The second kappa shape index (κ2) is 14.7. The molecule has 9 nitrogen and oxygen atoms in total. The quantitative estimate of drug-likeness (QED) is 0.216. The first-order valence-electron chi connectivity index (χ1n) is 13.0. The third-order valence-electron chi connectivity index (χ3n) is 6.38. The van der Waals surface area contributed by atoms with Crippen LogP contribution in [0.1, 0.15) is 24.2 Å². The van der Waals surface area contributed by atoms with Gasteiger partial charge in [-0.25, -0.2) is 0 Å². The van der Waals surface area contributed by atoms with E-state index in [-0.39, 0.29) is 35.2 Å². The molecule has 0 saturated carbocycles. The minimum absolute atomic E-state index is 0.129. The fourth-order valence-electron chi connectivity index (χ4n) is 4.29. The van der Waals surface area contributed by atoms with Crippen LogP contribution >= 0.6 is 18.5 Å². The monoisotopic (exact) mass is 621 g/mol. The lowest BCUT2D eigenvalue weighted by Crippen LogP contribution is -2.44. The molecule has 226 valence electrons. The second-order valence-electron chi connectivity index (χ2n) is 9.70. The molecule has 2 heterocycles. The smallest absolute Gasteiger partial charge is 0.408 e. The Balaban J connectivity index is 1.92. The molecule has 1 fully saturated rings. The van der Waals surface area contributed by atoms with E-state index >= 15 is 0 Å². The Bertz CT molecular complexity index is 1420. The van der Waals surface area contributed by atoms with Crippen LogP contribution in [0.4, 0.5) is 14.5 Å². The number of carbonyl (C=O) groups excluding carboxylic acids is 2. The van der Waals surface area contributed by atoms with Crippen LogP contribution in [0.5, 0.6) is 5.75 Å². The molecule has 1 aliphatic rings. The Hall–Kier alpha value is -3.39. The molecule has 0 radical (unpaired) electrons. The molecule has 1 aromatic heterocycles. The summed E-state index contributed by atoms with van der Waals surface area (Å²) in [6.45, 7) is 4.15. The molecule has 3 rings (SSSR count). The predicted molar refractivity (Wildman–Crippen MR) is 164 cm³/mol. The maximum atomic E-state index is 13.7. The molecule has 1 N–H and O–H groups in total. The van der Waals surface area contributed by atoms with E-state index in [0.29, 0.717) is 12.3 Å². The maximum Gasteiger partial charge on any atom is 0.408 e. The van der Waals surface area contributed by atoms with Gasteiger partial charge in [-0.15, -0.1) is 9.24 Å². The Morgan fingerprint density at radius 1 is 1.21 bits per heavy atom. The van der Waals surface area contributed by atoms with Gasteiger partial charge < -0.3 is 29.0 Å². The number of rotatable bonds is 12. The Labute approximate surface area is 248 Å². The van der Waals surface area contributed by atoms with E-state index in [1.54, 1.807) is 43.7 Å². The summed E-state index contributed by atoms with van der Waals surface area (Å²) < 4.78 is 42.9. The van der Waals surface area contributed by atoms with Crippen molar-refractivity contribution in [3.63, 3.8) is 0 Å². The van der Waals surface area contributed by atoms with E-state index in [4.69, 9.17) is 9.47 Å². The molecule has 1 aliphatic heterocycles. The number of benzene rings is 1. The van der Waals surface area contributed by atoms with E-state index in [9.17, 15) is 23.2 Å². The van der Waals surface area contributed by atoms with E-state index < -0.39 is 29.6 Å². The molecule has 1 aromatic carbocycles. The summed E-state index contributed by atoms with van der Waals surface area (Å²) in [5, 5.41) is 3.70. The highest BCUT2D eigenvalue weighted by molar-refractivity contribution is 7.22. The normalized spacial score (nSPS) is 18.9. The lowest BCUT2D eigenvalue weighted by Gasteiger charge is -2.19. The van der Waals surface area contributed by atoms with Crippen molar-refractivity contribution >= 4 is 36.0 Å². The van der Waals surface area contributed by atoms with Gasteiger partial charge in [-0.2, -0.15) is 8.78 Å². The molecule has 2 amide bonds. The van der Waals surface area contributed by atoms with Gasteiger partial charge in [-0.1, -0.05) is 17.5 Å². The number of methoxy groups -OCH3 is 2. The SMILES string of the molecule is COC(/C=C(\C)P)=C/C=C/[C@@H]1CN(c2cccn(CC(C)OC)c2=O)C(=O)[C@H]1NC(=O)c1ccc(OC(F)(F)P)cc1. The average molecular weight is 622 g/mol. The third-order valence-corrected chi connectivity index (χ3v) is 6.67. The van der Waals surface area contributed by atoms with E-state index in [1.807, 2.05) is 19.9 Å². The average Bonchev–Trinajstić information content (AvgIpc) is 3.22. The molecule has 3 unspecified atom stereocenters. The number of hydrogen-bond acceptors (Lipinski definition) is 6. The van der Waals surface area contributed by atoms with Gasteiger partial charge >= 0.3 is 5.85 Å². The number of ether oxygens (including phenoxy) is 3. The van der Waals surface area contributed by atoms with Crippen molar-refractivity contribution in [3.8, 4) is 5.75 Å². The van der Waals surface area contributed by atoms with Crippen molar-refractivity contribution in [2.24, 2.45) is 5.92 Å². The number of allylic oxidation sites excluding steroid dienone is 4. The lowest BCUT2D eigenvalue weighted by atomic mass is 10.0. The van der Waals surface area contributed by atoms with Gasteiger partial charge in [0.05, 0.1) is 19.8 Å². The van der Waals surface area contributed by atoms with Gasteiger partial charge in [0.25, 0.3) is 11.5 Å². The lowest BCUT2D eigenvalue weighted by molar-refractivity contribution is -0.119. The third kappa shape index (κ3) is 9.05. The predicted octanol–water partition coefficient (Wildman–Crippen LogP) is 4.31. The number of halogens is 2. The first-order valence-corrected chi connectivity index (χ1v) is 14.1. The fourth-order valence-corrected chi connectivity index (χ4v) is 4.59. The Kier molecular flexibility index (Phi) is 11.6. The highest BCUT2D eigenvalue weighted by Gasteiger charge is 2.41. The van der Waals surface area contributed by atoms with Crippen molar-refractivity contribution < 1.29 is 32.6 Å². The summed E-state index contributed by atoms with van der Waals surface area (Å²) in [6.07, 6.45) is 8.42. The largest absolute Gasteiger partial charge is 0.497 e. The van der Waals surface area contributed by atoms with Gasteiger partial charge in [0.2, 0.25) is 5.91 Å². The zero-order chi connectivity index (χ0) is 31.0. The maximum absolute atomic E-state index is 13.7. The van der Waals surface area contributed by atoms with Crippen LogP contribution in [-0.4, -0.2) is 55.1 Å². The zero-order valence-corrected chi connectivity index (χ0v) is 26.1. The highest BCUT2D eigenvalue weighted by Crippen LogP contribution is 2.28. The Morgan fingerprint density at radius 3 is 2.50 bits per heavy atom. The van der Waals surface area contributed by atoms with Gasteiger partial charge in [0.15, 0.2) is 0 Å². The molecular weight excluding hydrogens is 586 g/mol. The standard InChI is InChI=1S/C29H35F2N3O6P2/c1-18(38-3)16-33-14-6-9-24(27(33)36)34-17-21(7-5-8-23(39-4)15-19(2)41)25(28(34)37)32-26(35)20-10-12-22(13-11-20)40-29(30,31)42/h5-15,18,21,25H,16-17,41-42H2,1-4H3,(H,32,35)/b7-5+,19-15+,23-8+/t18?,21-,25+/m1/s1. The van der Waals surface area contributed by atoms with Crippen LogP contribution in [0.3, 0.4) is 0 Å². The van der Waals surface area contributed by atoms with E-state index in [1.165, 1.54) is 50.1 Å².